The average Bonchev–Trinajstić information content (AvgIpc) is 3.63. The quantitative estimate of drug-likeness (QED) is 0.319. The summed E-state index contributed by atoms with van der Waals surface area (Å²) in [6.07, 6.45) is 5.11. The van der Waals surface area contributed by atoms with Crippen LogP contribution in [0.25, 0.3) is 0 Å². The second-order valence-electron chi connectivity index (χ2n) is 10.9. The van der Waals surface area contributed by atoms with Gasteiger partial charge in [-0.05, 0) is 35.4 Å². The maximum atomic E-state index is 14.0. The fraction of sp³-hybridized carbons (Fsp3) is 0.387. The zero-order valence-corrected chi connectivity index (χ0v) is 23.7. The third-order valence-electron chi connectivity index (χ3n) is 8.07. The van der Waals surface area contributed by atoms with Gasteiger partial charge in [-0.1, -0.05) is 68.8 Å². The van der Waals surface area contributed by atoms with Gasteiger partial charge in [0.25, 0.3) is 0 Å². The number of para-hydroxylation sites is 1. The third-order valence-corrected chi connectivity index (χ3v) is 8.07. The Bertz CT molecular complexity index is 1470. The Hall–Kier alpha value is -4.67. The van der Waals surface area contributed by atoms with Gasteiger partial charge < -0.3 is 10.6 Å². The number of hydrogen-bond acceptors (Lipinski definition) is 6. The number of aryl methyl sites for hydroxylation is 1. The third kappa shape index (κ3) is 6.29. The first-order valence-corrected chi connectivity index (χ1v) is 14.3. The zero-order valence-electron chi connectivity index (χ0n) is 23.7. The van der Waals surface area contributed by atoms with Crippen LogP contribution < -0.4 is 15.5 Å². The highest BCUT2D eigenvalue weighted by Gasteiger charge is 2.44. The Morgan fingerprint density at radius 3 is 2.67 bits per heavy atom. The molecule has 0 fully saturated rings. The van der Waals surface area contributed by atoms with Gasteiger partial charge in [0.2, 0.25) is 23.6 Å². The van der Waals surface area contributed by atoms with E-state index in [4.69, 9.17) is 0 Å². The number of anilines is 1. The van der Waals surface area contributed by atoms with Crippen molar-refractivity contribution in [3.8, 4) is 0 Å². The molecule has 4 unspecified atom stereocenters. The number of H-pyrrole nitrogens is 1. The Morgan fingerprint density at radius 1 is 1.14 bits per heavy atom. The Kier molecular flexibility index (Phi) is 8.85. The topological polar surface area (TPSA) is 150 Å². The molecule has 1 aromatic heterocycles. The van der Waals surface area contributed by atoms with Gasteiger partial charge in [0, 0.05) is 12.6 Å². The summed E-state index contributed by atoms with van der Waals surface area (Å²) < 4.78 is 0. The molecule has 11 nitrogen and oxygen atoms in total. The highest BCUT2D eigenvalue weighted by atomic mass is 16.2. The number of aromatic nitrogens is 3. The minimum atomic E-state index is -0.832. The summed E-state index contributed by atoms with van der Waals surface area (Å²) in [7, 11) is 0. The summed E-state index contributed by atoms with van der Waals surface area (Å²) in [6, 6.07) is 13.6. The van der Waals surface area contributed by atoms with E-state index in [1.165, 1.54) is 12.4 Å². The van der Waals surface area contributed by atoms with Crippen molar-refractivity contribution in [2.24, 2.45) is 16.8 Å². The van der Waals surface area contributed by atoms with Crippen LogP contribution >= 0.6 is 0 Å². The van der Waals surface area contributed by atoms with Crippen LogP contribution in [0.5, 0.6) is 0 Å². The number of benzene rings is 2. The summed E-state index contributed by atoms with van der Waals surface area (Å²) in [5.41, 5.74) is 4.07. The van der Waals surface area contributed by atoms with Gasteiger partial charge in [-0.15, -0.1) is 0 Å². The SMILES string of the molecule is CCC(C)C(C=NC(=O)Cc1ccccc1)C(=O)NC1CCc2cccc3c2N(C1=O)C(C(=O)NCc1cn[nH]n1)C3. The maximum absolute atomic E-state index is 14.0. The van der Waals surface area contributed by atoms with Gasteiger partial charge in [-0.2, -0.15) is 15.4 Å². The number of aromatic amines is 1. The van der Waals surface area contributed by atoms with E-state index in [-0.39, 0.29) is 42.5 Å². The van der Waals surface area contributed by atoms with Crippen LogP contribution in [0.15, 0.2) is 59.7 Å². The molecule has 0 saturated carbocycles. The molecular weight excluding hydrogens is 534 g/mol. The van der Waals surface area contributed by atoms with Gasteiger partial charge in [-0.25, -0.2) is 4.99 Å². The van der Waals surface area contributed by atoms with Crippen LogP contribution in [-0.4, -0.2) is 57.3 Å². The van der Waals surface area contributed by atoms with Crippen LogP contribution in [-0.2, 0) is 45.0 Å². The van der Waals surface area contributed by atoms with Crippen molar-refractivity contribution in [1.82, 2.24) is 26.0 Å². The van der Waals surface area contributed by atoms with Crippen molar-refractivity contribution in [2.45, 2.75) is 64.6 Å². The molecule has 4 atom stereocenters. The van der Waals surface area contributed by atoms with Crippen LogP contribution in [0.1, 0.15) is 49.1 Å². The molecule has 2 aliphatic rings. The molecule has 5 rings (SSSR count). The molecule has 42 heavy (non-hydrogen) atoms. The summed E-state index contributed by atoms with van der Waals surface area (Å²) in [5, 5.41) is 16.0. The predicted octanol–water partition coefficient (Wildman–Crippen LogP) is 2.31. The van der Waals surface area contributed by atoms with E-state index in [2.05, 4.69) is 31.0 Å². The number of nitrogens with one attached hydrogen (secondary N) is 3. The molecule has 0 saturated heterocycles. The molecule has 11 heteroatoms. The van der Waals surface area contributed by atoms with Gasteiger partial charge in [0.05, 0.1) is 30.8 Å². The monoisotopic (exact) mass is 569 g/mol. The summed E-state index contributed by atoms with van der Waals surface area (Å²) in [6.45, 7) is 4.06. The average molecular weight is 570 g/mol. The number of carbonyl (C=O) groups is 4. The smallest absolute Gasteiger partial charge is 0.250 e. The van der Waals surface area contributed by atoms with Crippen molar-refractivity contribution in [1.29, 1.82) is 0 Å². The van der Waals surface area contributed by atoms with Crippen molar-refractivity contribution in [3.05, 3.63) is 77.1 Å². The molecule has 3 heterocycles. The summed E-state index contributed by atoms with van der Waals surface area (Å²) in [4.78, 5) is 59.1. The molecule has 2 aliphatic heterocycles. The molecule has 0 radical (unpaired) electrons. The molecular formula is C31H35N7O4. The second-order valence-corrected chi connectivity index (χ2v) is 10.9. The molecule has 0 spiro atoms. The van der Waals surface area contributed by atoms with E-state index in [1.54, 1.807) is 4.90 Å². The first-order valence-electron chi connectivity index (χ1n) is 14.3. The van der Waals surface area contributed by atoms with Gasteiger partial charge in [0.15, 0.2) is 0 Å². The van der Waals surface area contributed by atoms with E-state index < -0.39 is 18.0 Å². The van der Waals surface area contributed by atoms with E-state index in [0.717, 1.165) is 22.4 Å². The molecule has 3 aromatic rings. The Labute approximate surface area is 244 Å². The van der Waals surface area contributed by atoms with E-state index in [1.807, 2.05) is 62.4 Å². The van der Waals surface area contributed by atoms with Crippen molar-refractivity contribution in [2.75, 3.05) is 4.90 Å². The molecule has 3 N–H and O–H groups in total. The first-order chi connectivity index (χ1) is 20.4. The van der Waals surface area contributed by atoms with E-state index >= 15 is 0 Å². The van der Waals surface area contributed by atoms with Gasteiger partial charge in [-0.3, -0.25) is 24.1 Å². The normalized spacial score (nSPS) is 19.2. The maximum Gasteiger partial charge on any atom is 0.250 e. The van der Waals surface area contributed by atoms with Crippen LogP contribution in [0, 0.1) is 11.8 Å². The largest absolute Gasteiger partial charge is 0.348 e. The second kappa shape index (κ2) is 12.9. The fourth-order valence-corrected chi connectivity index (χ4v) is 5.56. The van der Waals surface area contributed by atoms with Crippen LogP contribution in [0.4, 0.5) is 5.69 Å². The number of rotatable bonds is 10. The lowest BCUT2D eigenvalue weighted by Gasteiger charge is -2.29. The summed E-state index contributed by atoms with van der Waals surface area (Å²) in [5.74, 6) is -2.13. The minimum Gasteiger partial charge on any atom is -0.348 e. The van der Waals surface area contributed by atoms with Crippen LogP contribution in [0.2, 0.25) is 0 Å². The molecule has 0 bridgehead atoms. The number of hydrogen-bond donors (Lipinski definition) is 3. The Morgan fingerprint density at radius 2 is 1.93 bits per heavy atom. The van der Waals surface area contributed by atoms with Crippen LogP contribution in [0.3, 0.4) is 0 Å². The highest BCUT2D eigenvalue weighted by Crippen LogP contribution is 2.39. The number of aliphatic imine (C=N–C) groups is 1. The summed E-state index contributed by atoms with van der Waals surface area (Å²) >= 11 is 0. The standard InChI is InChI=1S/C31H35N7O4/c1-3-19(2)24(18-32-27(39)14-20-8-5-4-6-9-20)29(40)35-25-13-12-21-10-7-11-22-15-26(38(28(21)22)31(25)42)30(41)33-16-23-17-34-37-36-23/h4-11,17-19,24-26H,3,12-16H2,1-2H3,(H,33,41)(H,35,40)(H,34,36,37). The van der Waals surface area contributed by atoms with E-state index in [9.17, 15) is 19.2 Å². The fourth-order valence-electron chi connectivity index (χ4n) is 5.56. The molecule has 2 aromatic carbocycles. The van der Waals surface area contributed by atoms with E-state index in [0.29, 0.717) is 31.4 Å². The first kappa shape index (κ1) is 28.8. The van der Waals surface area contributed by atoms with Crippen molar-refractivity contribution >= 4 is 35.5 Å². The number of carbonyl (C=O) groups excluding carboxylic acids is 4. The lowest BCUT2D eigenvalue weighted by Crippen LogP contribution is -2.55. The number of amides is 4. The van der Waals surface area contributed by atoms with Gasteiger partial charge in [0.1, 0.15) is 17.8 Å². The molecule has 218 valence electrons. The Balaban J connectivity index is 1.32. The number of nitrogens with zero attached hydrogens (tertiary/aromatic N) is 4. The lowest BCUT2D eigenvalue weighted by molar-refractivity contribution is -0.130. The minimum absolute atomic E-state index is 0.107. The lowest BCUT2D eigenvalue weighted by atomic mass is 9.91. The molecule has 0 aliphatic carbocycles. The molecule has 4 amide bonds. The van der Waals surface area contributed by atoms with Crippen molar-refractivity contribution in [3.63, 3.8) is 0 Å². The van der Waals surface area contributed by atoms with Gasteiger partial charge >= 0.3 is 0 Å². The predicted molar refractivity (Wildman–Crippen MR) is 156 cm³/mol. The van der Waals surface area contributed by atoms with Crippen molar-refractivity contribution < 1.29 is 19.2 Å². The highest BCUT2D eigenvalue weighted by molar-refractivity contribution is 6.08. The zero-order chi connectivity index (χ0) is 29.6.